The van der Waals surface area contributed by atoms with Gasteiger partial charge in [-0.2, -0.15) is 5.26 Å². The average Bonchev–Trinajstić information content (AvgIpc) is 2.31. The molecule has 0 radical (unpaired) electrons. The summed E-state index contributed by atoms with van der Waals surface area (Å²) in [7, 11) is -1.07. The molecular weight excluding hydrogens is 239 g/mol. The number of nitrogens with zero attached hydrogens (tertiary/aromatic N) is 1. The first kappa shape index (κ1) is 13.8. The Bertz CT molecular complexity index is 456. The fraction of sp³-hybridized carbons (Fsp3) is 0.417. The van der Waals surface area contributed by atoms with E-state index in [-0.39, 0.29) is 11.6 Å². The Balaban J connectivity index is 2.69. The van der Waals surface area contributed by atoms with Gasteiger partial charge in [-0.15, -0.1) is 0 Å². The topological polar surface area (TPSA) is 66.9 Å². The van der Waals surface area contributed by atoms with Gasteiger partial charge in [-0.3, -0.25) is 4.21 Å². The third kappa shape index (κ3) is 4.25. The maximum Gasteiger partial charge on any atom is 0.140 e. The van der Waals surface area contributed by atoms with Crippen LogP contribution in [-0.2, 0) is 16.6 Å². The molecule has 92 valence electrons. The summed E-state index contributed by atoms with van der Waals surface area (Å²) in [5, 5.41) is 8.67. The molecule has 2 atom stereocenters. The zero-order valence-corrected chi connectivity index (χ0v) is 10.5. The molecule has 0 fully saturated rings. The van der Waals surface area contributed by atoms with Gasteiger partial charge in [-0.25, -0.2) is 4.39 Å². The molecule has 0 aliphatic heterocycles. The zero-order valence-electron chi connectivity index (χ0n) is 9.65. The lowest BCUT2D eigenvalue weighted by Crippen LogP contribution is -2.26. The number of hydrogen-bond donors (Lipinski definition) is 1. The molecule has 0 saturated heterocycles. The van der Waals surface area contributed by atoms with Crippen molar-refractivity contribution >= 4 is 10.8 Å². The number of hydrogen-bond acceptors (Lipinski definition) is 3. The van der Waals surface area contributed by atoms with Crippen LogP contribution < -0.4 is 5.73 Å². The second-order valence-corrected chi connectivity index (χ2v) is 5.35. The van der Waals surface area contributed by atoms with E-state index in [1.54, 1.807) is 12.1 Å². The van der Waals surface area contributed by atoms with Gasteiger partial charge in [0.1, 0.15) is 11.9 Å². The lowest BCUT2D eigenvalue weighted by molar-refractivity contribution is 0.623. The summed E-state index contributed by atoms with van der Waals surface area (Å²) < 4.78 is 24.8. The summed E-state index contributed by atoms with van der Waals surface area (Å²) in [4.78, 5) is 0. The minimum atomic E-state index is -1.07. The molecule has 0 spiro atoms. The van der Waals surface area contributed by atoms with E-state index < -0.39 is 16.6 Å². The Morgan fingerprint density at radius 3 is 2.88 bits per heavy atom. The largest absolute Gasteiger partial charge is 0.327 e. The highest BCUT2D eigenvalue weighted by Gasteiger charge is 2.09. The van der Waals surface area contributed by atoms with E-state index in [9.17, 15) is 8.60 Å². The van der Waals surface area contributed by atoms with Gasteiger partial charge in [0.15, 0.2) is 0 Å². The molecule has 3 nitrogen and oxygen atoms in total. The van der Waals surface area contributed by atoms with Crippen LogP contribution in [0.2, 0.25) is 0 Å². The minimum Gasteiger partial charge on any atom is -0.327 e. The van der Waals surface area contributed by atoms with Crippen LogP contribution in [0.15, 0.2) is 18.2 Å². The first-order chi connectivity index (χ1) is 8.06. The van der Waals surface area contributed by atoms with Crippen LogP contribution >= 0.6 is 0 Å². The Morgan fingerprint density at radius 1 is 1.59 bits per heavy atom. The maximum absolute atomic E-state index is 13.1. The van der Waals surface area contributed by atoms with Gasteiger partial charge in [-0.1, -0.05) is 13.0 Å². The summed E-state index contributed by atoms with van der Waals surface area (Å²) in [6, 6.07) is 5.89. The summed E-state index contributed by atoms with van der Waals surface area (Å²) >= 11 is 0. The molecule has 1 aromatic carbocycles. The van der Waals surface area contributed by atoms with Crippen molar-refractivity contribution in [3.05, 3.63) is 35.1 Å². The molecule has 1 rings (SSSR count). The van der Waals surface area contributed by atoms with Crippen LogP contribution in [0.4, 0.5) is 4.39 Å². The highest BCUT2D eigenvalue weighted by atomic mass is 32.2. The molecule has 2 N–H and O–H groups in total. The molecule has 0 aliphatic carbocycles. The van der Waals surface area contributed by atoms with Crippen LogP contribution in [0.25, 0.3) is 0 Å². The number of nitriles is 1. The summed E-state index contributed by atoms with van der Waals surface area (Å²) in [6.45, 7) is 1.94. The molecule has 5 heteroatoms. The predicted octanol–water partition coefficient (Wildman–Crippen LogP) is 1.68. The third-order valence-corrected chi connectivity index (χ3v) is 3.86. The minimum absolute atomic E-state index is 0.0145. The van der Waals surface area contributed by atoms with Gasteiger partial charge in [0.25, 0.3) is 0 Å². The van der Waals surface area contributed by atoms with Crippen LogP contribution in [0, 0.1) is 17.1 Å². The lowest BCUT2D eigenvalue weighted by atomic mass is 10.1. The van der Waals surface area contributed by atoms with Gasteiger partial charge in [0.05, 0.1) is 5.56 Å². The van der Waals surface area contributed by atoms with Gasteiger partial charge in [0, 0.05) is 28.3 Å². The van der Waals surface area contributed by atoms with Crippen molar-refractivity contribution < 1.29 is 8.60 Å². The van der Waals surface area contributed by atoms with Crippen molar-refractivity contribution in [3.8, 4) is 6.07 Å². The Labute approximate surface area is 103 Å². The van der Waals surface area contributed by atoms with Crippen molar-refractivity contribution in [1.29, 1.82) is 5.26 Å². The second-order valence-electron chi connectivity index (χ2n) is 3.85. The highest BCUT2D eigenvalue weighted by Crippen LogP contribution is 2.11. The van der Waals surface area contributed by atoms with Crippen molar-refractivity contribution in [2.45, 2.75) is 25.1 Å². The van der Waals surface area contributed by atoms with Gasteiger partial charge < -0.3 is 5.73 Å². The maximum atomic E-state index is 13.1. The Hall–Kier alpha value is -1.25. The molecule has 2 unspecified atom stereocenters. The van der Waals surface area contributed by atoms with Crippen molar-refractivity contribution in [1.82, 2.24) is 0 Å². The SMILES string of the molecule is CCC(N)CS(=O)Cc1ccc(F)c(C#N)c1. The lowest BCUT2D eigenvalue weighted by Gasteiger charge is -2.08. The second kappa shape index (κ2) is 6.48. The normalized spacial score (nSPS) is 14.0. The molecule has 0 heterocycles. The standard InChI is InChI=1S/C12H15FN2OS/c1-2-11(15)8-17(16)7-9-3-4-12(13)10(5-9)6-14/h3-5,11H,2,7-8,15H2,1H3. The number of benzene rings is 1. The van der Waals surface area contributed by atoms with E-state index in [1.807, 2.05) is 6.92 Å². The van der Waals surface area contributed by atoms with Gasteiger partial charge in [-0.05, 0) is 24.1 Å². The third-order valence-electron chi connectivity index (χ3n) is 2.40. The summed E-state index contributed by atoms with van der Waals surface area (Å²) in [5.41, 5.74) is 6.39. The average molecular weight is 254 g/mol. The molecule has 0 amide bonds. The Morgan fingerprint density at radius 2 is 2.29 bits per heavy atom. The number of nitrogens with two attached hydrogens (primary N) is 1. The predicted molar refractivity (Wildman–Crippen MR) is 66.1 cm³/mol. The molecule has 0 aliphatic rings. The number of halogens is 1. The van der Waals surface area contributed by atoms with E-state index in [1.165, 1.54) is 12.1 Å². The fourth-order valence-corrected chi connectivity index (χ4v) is 2.73. The van der Waals surface area contributed by atoms with Gasteiger partial charge in [0.2, 0.25) is 0 Å². The monoisotopic (exact) mass is 254 g/mol. The fourth-order valence-electron chi connectivity index (χ4n) is 1.35. The summed E-state index contributed by atoms with van der Waals surface area (Å²) in [6.07, 6.45) is 0.776. The van der Waals surface area contributed by atoms with Crippen molar-refractivity contribution in [2.24, 2.45) is 5.73 Å². The quantitative estimate of drug-likeness (QED) is 0.869. The van der Waals surface area contributed by atoms with E-state index in [4.69, 9.17) is 11.0 Å². The Kier molecular flexibility index (Phi) is 5.26. The highest BCUT2D eigenvalue weighted by molar-refractivity contribution is 7.84. The molecular formula is C12H15FN2OS. The number of rotatable bonds is 5. The molecule has 0 bridgehead atoms. The van der Waals surface area contributed by atoms with Gasteiger partial charge >= 0.3 is 0 Å². The molecule has 0 aromatic heterocycles. The first-order valence-electron chi connectivity index (χ1n) is 5.36. The van der Waals surface area contributed by atoms with Crippen LogP contribution in [0.3, 0.4) is 0 Å². The van der Waals surface area contributed by atoms with Crippen LogP contribution in [0.1, 0.15) is 24.5 Å². The van der Waals surface area contributed by atoms with Crippen LogP contribution in [0.5, 0.6) is 0 Å². The van der Waals surface area contributed by atoms with Crippen molar-refractivity contribution in [3.63, 3.8) is 0 Å². The molecule has 0 saturated carbocycles. The summed E-state index contributed by atoms with van der Waals surface area (Å²) in [5.74, 6) is 0.186. The smallest absolute Gasteiger partial charge is 0.140 e. The van der Waals surface area contributed by atoms with E-state index >= 15 is 0 Å². The van der Waals surface area contributed by atoms with Crippen molar-refractivity contribution in [2.75, 3.05) is 5.75 Å². The van der Waals surface area contributed by atoms with E-state index in [0.717, 1.165) is 6.42 Å². The van der Waals surface area contributed by atoms with Crippen LogP contribution in [-0.4, -0.2) is 16.0 Å². The first-order valence-corrected chi connectivity index (χ1v) is 6.84. The molecule has 17 heavy (non-hydrogen) atoms. The van der Waals surface area contributed by atoms with E-state index in [0.29, 0.717) is 17.1 Å². The van der Waals surface area contributed by atoms with E-state index in [2.05, 4.69) is 0 Å². The molecule has 1 aromatic rings. The zero-order chi connectivity index (χ0) is 12.8.